The van der Waals surface area contributed by atoms with Crippen LogP contribution in [0, 0.1) is 6.92 Å². The normalized spacial score (nSPS) is 10.7. The first-order valence-corrected chi connectivity index (χ1v) is 10.6. The van der Waals surface area contributed by atoms with Crippen molar-refractivity contribution in [1.82, 2.24) is 5.32 Å². The zero-order valence-corrected chi connectivity index (χ0v) is 19.0. The third-order valence-electron chi connectivity index (χ3n) is 4.04. The van der Waals surface area contributed by atoms with Crippen LogP contribution in [0.15, 0.2) is 46.9 Å². The number of halogens is 1. The number of rotatable bonds is 10. The van der Waals surface area contributed by atoms with Gasteiger partial charge in [-0.1, -0.05) is 28.9 Å². The standard InChI is InChI=1S/C23H27BrN2O4/c1-4-12-30-20-10-6-17(14-21(20)29-5-2)7-11-22(27)25-15-23(28)26-19-9-8-18(24)13-16(19)3/h6-11,13-14H,4-5,12,15H2,1-3H3,(H,25,27)(H,26,28)/b11-7+. The van der Waals surface area contributed by atoms with E-state index < -0.39 is 0 Å². The first-order valence-electron chi connectivity index (χ1n) is 9.84. The molecule has 30 heavy (non-hydrogen) atoms. The number of hydrogen-bond acceptors (Lipinski definition) is 4. The summed E-state index contributed by atoms with van der Waals surface area (Å²) in [5.41, 5.74) is 2.44. The molecular formula is C23H27BrN2O4. The molecular weight excluding hydrogens is 448 g/mol. The van der Waals surface area contributed by atoms with Gasteiger partial charge in [0.25, 0.3) is 0 Å². The minimum atomic E-state index is -0.359. The van der Waals surface area contributed by atoms with E-state index in [0.717, 1.165) is 22.0 Å². The van der Waals surface area contributed by atoms with Crippen LogP contribution in [0.1, 0.15) is 31.4 Å². The molecule has 2 amide bonds. The molecule has 0 saturated heterocycles. The highest BCUT2D eigenvalue weighted by Gasteiger charge is 2.08. The van der Waals surface area contributed by atoms with Gasteiger partial charge in [0.05, 0.1) is 19.8 Å². The molecule has 0 unspecified atom stereocenters. The van der Waals surface area contributed by atoms with Crippen molar-refractivity contribution in [1.29, 1.82) is 0 Å². The van der Waals surface area contributed by atoms with E-state index in [-0.39, 0.29) is 18.4 Å². The summed E-state index contributed by atoms with van der Waals surface area (Å²) < 4.78 is 12.2. The molecule has 2 aromatic carbocycles. The summed E-state index contributed by atoms with van der Waals surface area (Å²) in [6.07, 6.45) is 3.95. The Kier molecular flexibility index (Phi) is 9.41. The van der Waals surface area contributed by atoms with Crippen LogP contribution >= 0.6 is 15.9 Å². The Morgan fingerprint density at radius 3 is 2.57 bits per heavy atom. The van der Waals surface area contributed by atoms with E-state index in [4.69, 9.17) is 9.47 Å². The largest absolute Gasteiger partial charge is 0.490 e. The molecule has 0 heterocycles. The van der Waals surface area contributed by atoms with Crippen molar-refractivity contribution in [3.63, 3.8) is 0 Å². The Morgan fingerprint density at radius 2 is 1.87 bits per heavy atom. The van der Waals surface area contributed by atoms with Crippen LogP contribution in [-0.4, -0.2) is 31.6 Å². The first-order chi connectivity index (χ1) is 14.4. The topological polar surface area (TPSA) is 76.7 Å². The molecule has 160 valence electrons. The van der Waals surface area contributed by atoms with Gasteiger partial charge in [0.2, 0.25) is 11.8 Å². The molecule has 7 heteroatoms. The van der Waals surface area contributed by atoms with E-state index >= 15 is 0 Å². The first kappa shape index (κ1) is 23.5. The molecule has 2 rings (SSSR count). The van der Waals surface area contributed by atoms with E-state index in [9.17, 15) is 9.59 Å². The number of benzene rings is 2. The lowest BCUT2D eigenvalue weighted by Crippen LogP contribution is -2.31. The summed E-state index contributed by atoms with van der Waals surface area (Å²) >= 11 is 3.38. The molecule has 0 aliphatic heterocycles. The zero-order valence-electron chi connectivity index (χ0n) is 17.5. The Hall–Kier alpha value is -2.80. The molecule has 2 N–H and O–H groups in total. The monoisotopic (exact) mass is 474 g/mol. The quantitative estimate of drug-likeness (QED) is 0.488. The SMILES string of the molecule is CCCOc1ccc(/C=C/C(=O)NCC(=O)Nc2ccc(Br)cc2C)cc1OCC. The molecule has 0 atom stereocenters. The Morgan fingerprint density at radius 1 is 1.07 bits per heavy atom. The molecule has 0 fully saturated rings. The van der Waals surface area contributed by atoms with E-state index in [0.29, 0.717) is 30.4 Å². The number of aryl methyl sites for hydroxylation is 1. The summed E-state index contributed by atoms with van der Waals surface area (Å²) in [6, 6.07) is 11.1. The van der Waals surface area contributed by atoms with Gasteiger partial charge < -0.3 is 20.1 Å². The number of carbonyl (C=O) groups excluding carboxylic acids is 2. The van der Waals surface area contributed by atoms with Gasteiger partial charge in [0, 0.05) is 16.2 Å². The number of ether oxygens (including phenoxy) is 2. The number of carbonyl (C=O) groups is 2. The van der Waals surface area contributed by atoms with Crippen molar-refractivity contribution in [3.8, 4) is 11.5 Å². The molecule has 6 nitrogen and oxygen atoms in total. The third kappa shape index (κ3) is 7.55. The Labute approximate surface area is 185 Å². The maximum Gasteiger partial charge on any atom is 0.244 e. The molecule has 0 aliphatic carbocycles. The van der Waals surface area contributed by atoms with Crippen LogP contribution in [0.2, 0.25) is 0 Å². The summed E-state index contributed by atoms with van der Waals surface area (Å²) in [6.45, 7) is 6.85. The lowest BCUT2D eigenvalue weighted by molar-refractivity contribution is -0.121. The summed E-state index contributed by atoms with van der Waals surface area (Å²) in [5, 5.41) is 5.36. The second-order valence-electron chi connectivity index (χ2n) is 6.55. The fourth-order valence-electron chi connectivity index (χ4n) is 2.59. The lowest BCUT2D eigenvalue weighted by atomic mass is 10.2. The Bertz CT molecular complexity index is 912. The summed E-state index contributed by atoms with van der Waals surface area (Å²) in [4.78, 5) is 24.1. The second kappa shape index (κ2) is 12.0. The highest BCUT2D eigenvalue weighted by Crippen LogP contribution is 2.29. The van der Waals surface area contributed by atoms with Crippen molar-refractivity contribution in [2.45, 2.75) is 27.2 Å². The molecule has 0 bridgehead atoms. The molecule has 0 aromatic heterocycles. The van der Waals surface area contributed by atoms with Crippen LogP contribution in [-0.2, 0) is 9.59 Å². The third-order valence-corrected chi connectivity index (χ3v) is 4.54. The van der Waals surface area contributed by atoms with Gasteiger partial charge in [-0.25, -0.2) is 0 Å². The Balaban J connectivity index is 1.90. The van der Waals surface area contributed by atoms with Crippen LogP contribution < -0.4 is 20.1 Å². The average Bonchev–Trinajstić information content (AvgIpc) is 2.72. The number of nitrogens with one attached hydrogen (secondary N) is 2. The minimum absolute atomic E-state index is 0.118. The zero-order chi connectivity index (χ0) is 21.9. The van der Waals surface area contributed by atoms with Gasteiger partial charge in [-0.15, -0.1) is 0 Å². The maximum absolute atomic E-state index is 12.1. The smallest absolute Gasteiger partial charge is 0.244 e. The molecule has 2 aromatic rings. The molecule has 0 radical (unpaired) electrons. The van der Waals surface area contributed by atoms with E-state index in [2.05, 4.69) is 26.6 Å². The number of anilines is 1. The highest BCUT2D eigenvalue weighted by molar-refractivity contribution is 9.10. The lowest BCUT2D eigenvalue weighted by Gasteiger charge is -2.12. The van der Waals surface area contributed by atoms with Crippen molar-refractivity contribution in [2.24, 2.45) is 0 Å². The summed E-state index contributed by atoms with van der Waals surface area (Å²) in [7, 11) is 0. The van der Waals surface area contributed by atoms with E-state index in [1.807, 2.05) is 57.2 Å². The van der Waals surface area contributed by atoms with Crippen molar-refractivity contribution in [3.05, 3.63) is 58.1 Å². The molecule has 0 saturated carbocycles. The van der Waals surface area contributed by atoms with E-state index in [1.54, 1.807) is 6.08 Å². The fourth-order valence-corrected chi connectivity index (χ4v) is 3.06. The molecule has 0 spiro atoms. The highest BCUT2D eigenvalue weighted by atomic mass is 79.9. The second-order valence-corrected chi connectivity index (χ2v) is 7.46. The van der Waals surface area contributed by atoms with Gasteiger partial charge in [-0.3, -0.25) is 9.59 Å². The predicted octanol–water partition coefficient (Wildman–Crippen LogP) is 4.71. The molecule has 0 aliphatic rings. The van der Waals surface area contributed by atoms with Crippen molar-refractivity contribution in [2.75, 3.05) is 25.1 Å². The van der Waals surface area contributed by atoms with Gasteiger partial charge in [-0.2, -0.15) is 0 Å². The van der Waals surface area contributed by atoms with Crippen LogP contribution in [0.5, 0.6) is 11.5 Å². The van der Waals surface area contributed by atoms with Gasteiger partial charge >= 0.3 is 0 Å². The average molecular weight is 475 g/mol. The van der Waals surface area contributed by atoms with Crippen molar-refractivity contribution >= 4 is 39.5 Å². The maximum atomic E-state index is 12.1. The van der Waals surface area contributed by atoms with Crippen LogP contribution in [0.4, 0.5) is 5.69 Å². The number of amides is 2. The minimum Gasteiger partial charge on any atom is -0.490 e. The van der Waals surface area contributed by atoms with Crippen LogP contribution in [0.25, 0.3) is 6.08 Å². The van der Waals surface area contributed by atoms with E-state index in [1.165, 1.54) is 6.08 Å². The van der Waals surface area contributed by atoms with Gasteiger partial charge in [0.1, 0.15) is 0 Å². The fraction of sp³-hybridized carbons (Fsp3) is 0.304. The predicted molar refractivity (Wildman–Crippen MR) is 123 cm³/mol. The van der Waals surface area contributed by atoms with Gasteiger partial charge in [-0.05, 0) is 67.8 Å². The number of hydrogen-bond donors (Lipinski definition) is 2. The van der Waals surface area contributed by atoms with Crippen molar-refractivity contribution < 1.29 is 19.1 Å². The van der Waals surface area contributed by atoms with Crippen LogP contribution in [0.3, 0.4) is 0 Å². The summed E-state index contributed by atoms with van der Waals surface area (Å²) in [5.74, 6) is 0.665. The van der Waals surface area contributed by atoms with Gasteiger partial charge in [0.15, 0.2) is 11.5 Å².